The molecular formula is C43H41N3O7S. The molecule has 1 unspecified atom stereocenters. The molecular weight excluding hydrogens is 703 g/mol. The van der Waals surface area contributed by atoms with Gasteiger partial charge < -0.3 is 30.2 Å². The number of methoxy groups -OCH3 is 2. The smallest absolute Gasteiger partial charge is 0.338 e. The van der Waals surface area contributed by atoms with E-state index in [4.69, 9.17) is 14.2 Å². The highest BCUT2D eigenvalue weighted by Crippen LogP contribution is 2.37. The molecule has 0 aliphatic carbocycles. The molecule has 0 bridgehead atoms. The number of ether oxygens (including phenoxy) is 3. The van der Waals surface area contributed by atoms with Gasteiger partial charge in [-0.1, -0.05) is 67.9 Å². The second-order valence-electron chi connectivity index (χ2n) is 11.9. The normalized spacial score (nSPS) is 11.5. The Morgan fingerprint density at radius 1 is 0.722 bits per heavy atom. The molecule has 11 heteroatoms. The Morgan fingerprint density at radius 3 is 2.13 bits per heavy atom. The summed E-state index contributed by atoms with van der Waals surface area (Å²) >= 11 is 1.31. The van der Waals surface area contributed by atoms with Gasteiger partial charge in [0.1, 0.15) is 22.4 Å². The largest absolute Gasteiger partial charge is 0.497 e. The highest BCUT2D eigenvalue weighted by molar-refractivity contribution is 8.00. The second-order valence-corrected chi connectivity index (χ2v) is 13.1. The van der Waals surface area contributed by atoms with Crippen molar-refractivity contribution in [1.82, 2.24) is 5.32 Å². The monoisotopic (exact) mass is 743 g/mol. The molecule has 3 N–H and O–H groups in total. The molecule has 276 valence electrons. The van der Waals surface area contributed by atoms with Crippen LogP contribution >= 0.6 is 11.8 Å². The number of unbranched alkanes of at least 4 members (excludes halogenated alkanes) is 1. The first-order valence-electron chi connectivity index (χ1n) is 17.3. The van der Waals surface area contributed by atoms with Gasteiger partial charge in [-0.25, -0.2) is 4.79 Å². The van der Waals surface area contributed by atoms with Crippen LogP contribution in [-0.2, 0) is 14.3 Å². The fourth-order valence-electron chi connectivity index (χ4n) is 5.21. The van der Waals surface area contributed by atoms with Crippen LogP contribution in [0.3, 0.4) is 0 Å². The van der Waals surface area contributed by atoms with E-state index in [-0.39, 0.29) is 11.6 Å². The summed E-state index contributed by atoms with van der Waals surface area (Å²) < 4.78 is 16.1. The molecule has 0 radical (unpaired) electrons. The maximum Gasteiger partial charge on any atom is 0.338 e. The zero-order chi connectivity index (χ0) is 38.3. The Morgan fingerprint density at radius 2 is 1.44 bits per heavy atom. The lowest BCUT2D eigenvalue weighted by molar-refractivity contribution is -0.116. The van der Waals surface area contributed by atoms with Gasteiger partial charge in [-0.15, -0.1) is 11.8 Å². The minimum Gasteiger partial charge on any atom is -0.497 e. The number of hydrogen-bond acceptors (Lipinski definition) is 8. The maximum atomic E-state index is 13.8. The zero-order valence-corrected chi connectivity index (χ0v) is 31.0. The summed E-state index contributed by atoms with van der Waals surface area (Å²) in [6.07, 6.45) is 3.25. The van der Waals surface area contributed by atoms with Gasteiger partial charge in [0.25, 0.3) is 11.8 Å². The van der Waals surface area contributed by atoms with Crippen molar-refractivity contribution < 1.29 is 33.4 Å². The lowest BCUT2D eigenvalue weighted by Crippen LogP contribution is -2.30. The van der Waals surface area contributed by atoms with Crippen molar-refractivity contribution in [2.24, 2.45) is 0 Å². The fourth-order valence-corrected chi connectivity index (χ4v) is 6.29. The molecule has 0 saturated carbocycles. The summed E-state index contributed by atoms with van der Waals surface area (Å²) in [6.45, 7) is 2.38. The van der Waals surface area contributed by atoms with Crippen LogP contribution < -0.4 is 25.4 Å². The lowest BCUT2D eigenvalue weighted by Gasteiger charge is -2.18. The Balaban J connectivity index is 1.36. The van der Waals surface area contributed by atoms with Gasteiger partial charge in [0.15, 0.2) is 0 Å². The Bertz CT molecular complexity index is 2090. The molecule has 0 saturated heterocycles. The van der Waals surface area contributed by atoms with Crippen LogP contribution in [0.1, 0.15) is 56.9 Å². The minimum atomic E-state index is -0.668. The predicted octanol–water partition coefficient (Wildman–Crippen LogP) is 8.54. The van der Waals surface area contributed by atoms with Crippen molar-refractivity contribution in [3.8, 4) is 11.5 Å². The van der Waals surface area contributed by atoms with Crippen molar-refractivity contribution in [2.75, 3.05) is 31.5 Å². The first kappa shape index (κ1) is 38.9. The van der Waals surface area contributed by atoms with E-state index in [9.17, 15) is 19.2 Å². The van der Waals surface area contributed by atoms with Gasteiger partial charge in [0.2, 0.25) is 5.91 Å². The number of nitrogens with one attached hydrogen (secondary N) is 3. The number of rotatable bonds is 16. The molecule has 0 spiro atoms. The molecule has 0 aliphatic heterocycles. The van der Waals surface area contributed by atoms with Gasteiger partial charge in [-0.2, -0.15) is 0 Å². The molecule has 10 nitrogen and oxygen atoms in total. The molecule has 0 aliphatic rings. The minimum absolute atomic E-state index is 0.0212. The third-order valence-corrected chi connectivity index (χ3v) is 9.32. The van der Waals surface area contributed by atoms with Crippen molar-refractivity contribution in [1.29, 1.82) is 0 Å². The topological polar surface area (TPSA) is 132 Å². The third kappa shape index (κ3) is 10.8. The zero-order valence-electron chi connectivity index (χ0n) is 30.2. The average Bonchev–Trinajstić information content (AvgIpc) is 3.20. The van der Waals surface area contributed by atoms with E-state index >= 15 is 0 Å². The SMILES string of the molecule is CCCCOC(=O)c1ccc(NC(=O)C(Sc2cccc(NC(=O)/C(=C\c3ccc(OC)cc3OC)NC(=O)c3ccccc3)c2)c2ccccc2)cc1. The summed E-state index contributed by atoms with van der Waals surface area (Å²) in [6, 6.07) is 36.7. The summed E-state index contributed by atoms with van der Waals surface area (Å²) in [5.74, 6) is -0.717. The van der Waals surface area contributed by atoms with Crippen LogP contribution in [0.5, 0.6) is 11.5 Å². The van der Waals surface area contributed by atoms with E-state index in [0.717, 1.165) is 18.4 Å². The van der Waals surface area contributed by atoms with Gasteiger partial charge in [0, 0.05) is 33.5 Å². The summed E-state index contributed by atoms with van der Waals surface area (Å²) in [7, 11) is 3.04. The van der Waals surface area contributed by atoms with E-state index in [0.29, 0.717) is 51.1 Å². The lowest BCUT2D eigenvalue weighted by atomic mass is 10.1. The van der Waals surface area contributed by atoms with E-state index in [2.05, 4.69) is 16.0 Å². The van der Waals surface area contributed by atoms with Crippen molar-refractivity contribution >= 4 is 52.9 Å². The van der Waals surface area contributed by atoms with Gasteiger partial charge >= 0.3 is 5.97 Å². The standard InChI is InChI=1S/C43H41N3O7S/c1-4-5-25-53-43(50)31-19-22-33(23-20-31)44-42(49)39(29-13-8-6-9-14-29)54-36-18-12-17-34(27-36)45-41(48)37(46-40(47)30-15-10-7-11-16-30)26-32-21-24-35(51-2)28-38(32)52-3/h6-24,26-28,39H,4-5,25H2,1-3H3,(H,44,49)(H,45,48)(H,46,47)/b37-26+. The maximum absolute atomic E-state index is 13.8. The van der Waals surface area contributed by atoms with E-state index < -0.39 is 23.0 Å². The number of thioether (sulfide) groups is 1. The first-order chi connectivity index (χ1) is 26.3. The molecule has 1 atom stereocenters. The molecule has 0 fully saturated rings. The quantitative estimate of drug-likeness (QED) is 0.0397. The van der Waals surface area contributed by atoms with Crippen LogP contribution in [-0.4, -0.2) is 44.5 Å². The van der Waals surface area contributed by atoms with Crippen LogP contribution in [0.2, 0.25) is 0 Å². The van der Waals surface area contributed by atoms with Crippen LogP contribution in [0.4, 0.5) is 11.4 Å². The van der Waals surface area contributed by atoms with Gasteiger partial charge in [-0.05, 0) is 84.8 Å². The Kier molecular flexibility index (Phi) is 14.0. The Hall–Kier alpha value is -6.33. The number of hydrogen-bond donors (Lipinski definition) is 3. The van der Waals surface area contributed by atoms with E-state index in [1.54, 1.807) is 98.1 Å². The van der Waals surface area contributed by atoms with Gasteiger partial charge in [0.05, 0.1) is 26.4 Å². The first-order valence-corrected chi connectivity index (χ1v) is 18.2. The summed E-state index contributed by atoms with van der Waals surface area (Å²) in [5, 5.41) is 7.94. The van der Waals surface area contributed by atoms with E-state index in [1.165, 1.54) is 24.9 Å². The van der Waals surface area contributed by atoms with E-state index in [1.807, 2.05) is 43.3 Å². The second kappa shape index (κ2) is 19.5. The highest BCUT2D eigenvalue weighted by Gasteiger charge is 2.23. The van der Waals surface area contributed by atoms with Gasteiger partial charge in [-0.3, -0.25) is 14.4 Å². The van der Waals surface area contributed by atoms with Crippen LogP contribution in [0.15, 0.2) is 138 Å². The predicted molar refractivity (Wildman–Crippen MR) is 212 cm³/mol. The number of amides is 3. The molecule has 54 heavy (non-hydrogen) atoms. The third-order valence-electron chi connectivity index (χ3n) is 8.07. The van der Waals surface area contributed by atoms with Crippen molar-refractivity contribution in [2.45, 2.75) is 29.9 Å². The molecule has 5 aromatic rings. The molecule has 0 aromatic heterocycles. The fraction of sp³-hybridized carbons (Fsp3) is 0.163. The van der Waals surface area contributed by atoms with Crippen molar-refractivity contribution in [3.63, 3.8) is 0 Å². The Labute approximate surface area is 318 Å². The molecule has 5 rings (SSSR count). The highest BCUT2D eigenvalue weighted by atomic mass is 32.2. The van der Waals surface area contributed by atoms with Crippen LogP contribution in [0, 0.1) is 0 Å². The number of benzene rings is 5. The van der Waals surface area contributed by atoms with Crippen molar-refractivity contribution in [3.05, 3.63) is 155 Å². The number of anilines is 2. The number of esters is 1. The summed E-state index contributed by atoms with van der Waals surface area (Å²) in [5.41, 5.74) is 3.04. The average molecular weight is 744 g/mol. The number of carbonyl (C=O) groups excluding carboxylic acids is 4. The summed E-state index contributed by atoms with van der Waals surface area (Å²) in [4.78, 5) is 53.9. The molecule has 5 aromatic carbocycles. The molecule has 3 amide bonds. The molecule has 0 heterocycles. The van der Waals surface area contributed by atoms with Crippen LogP contribution in [0.25, 0.3) is 6.08 Å². The number of carbonyl (C=O) groups is 4.